The van der Waals surface area contributed by atoms with Crippen molar-refractivity contribution >= 4 is 0 Å². The van der Waals surface area contributed by atoms with Crippen LogP contribution in [0.15, 0.2) is 42.5 Å². The highest BCUT2D eigenvalue weighted by Crippen LogP contribution is 2.37. The van der Waals surface area contributed by atoms with Gasteiger partial charge < -0.3 is 4.74 Å². The first kappa shape index (κ1) is 10.5. The quantitative estimate of drug-likeness (QED) is 0.640. The zero-order valence-electron chi connectivity index (χ0n) is 10.2. The molecule has 2 aromatic rings. The van der Waals surface area contributed by atoms with E-state index in [0.29, 0.717) is 0 Å². The predicted molar refractivity (Wildman–Crippen MR) is 70.1 cm³/mol. The average Bonchev–Trinajstić information content (AvgIpc) is 2.75. The molecule has 0 saturated carbocycles. The first-order valence-corrected chi connectivity index (χ1v) is 6.03. The predicted octanol–water partition coefficient (Wildman–Crippen LogP) is 3.97. The second-order valence-corrected chi connectivity index (χ2v) is 4.63. The average molecular weight is 224 g/mol. The van der Waals surface area contributed by atoms with Gasteiger partial charge in [-0.3, -0.25) is 0 Å². The van der Waals surface area contributed by atoms with Crippen LogP contribution in [0, 0.1) is 0 Å². The first-order valence-electron chi connectivity index (χ1n) is 6.03. The molecule has 86 valence electrons. The molecule has 0 heterocycles. The van der Waals surface area contributed by atoms with Crippen LogP contribution in [0.5, 0.6) is 0 Å². The molecule has 3 rings (SSSR count). The van der Waals surface area contributed by atoms with Crippen LogP contribution in [0.25, 0.3) is 11.1 Å². The molecule has 1 atom stereocenters. The van der Waals surface area contributed by atoms with E-state index in [-0.39, 0.29) is 6.10 Å². The fraction of sp³-hybridized carbons (Fsp3) is 0.250. The molecule has 0 spiro atoms. The summed E-state index contributed by atoms with van der Waals surface area (Å²) in [5.74, 6) is 0. The lowest BCUT2D eigenvalue weighted by molar-refractivity contribution is 0.119. The Hall–Kier alpha value is -1.60. The number of hydrogen-bond donors (Lipinski definition) is 0. The van der Waals surface area contributed by atoms with Crippen LogP contribution >= 0.6 is 0 Å². The Morgan fingerprint density at radius 3 is 2.59 bits per heavy atom. The maximum absolute atomic E-state index is 5.38. The van der Waals surface area contributed by atoms with E-state index in [9.17, 15) is 0 Å². The molecular formula is C16H16O. The van der Waals surface area contributed by atoms with Gasteiger partial charge in [-0.2, -0.15) is 0 Å². The normalized spacial score (nSPS) is 14.2. The minimum atomic E-state index is 0.160. The van der Waals surface area contributed by atoms with E-state index in [1.807, 2.05) is 0 Å². The molecule has 0 saturated heterocycles. The molecule has 0 fully saturated rings. The second-order valence-electron chi connectivity index (χ2n) is 4.63. The third-order valence-corrected chi connectivity index (χ3v) is 3.65. The van der Waals surface area contributed by atoms with Gasteiger partial charge >= 0.3 is 0 Å². The lowest BCUT2D eigenvalue weighted by Crippen LogP contribution is -1.96. The summed E-state index contributed by atoms with van der Waals surface area (Å²) in [5.41, 5.74) is 6.88. The van der Waals surface area contributed by atoms with Gasteiger partial charge in [0, 0.05) is 7.11 Å². The molecule has 2 aromatic carbocycles. The van der Waals surface area contributed by atoms with E-state index in [1.54, 1.807) is 7.11 Å². The van der Waals surface area contributed by atoms with E-state index in [2.05, 4.69) is 49.4 Å². The Morgan fingerprint density at radius 2 is 1.76 bits per heavy atom. The summed E-state index contributed by atoms with van der Waals surface area (Å²) in [4.78, 5) is 0. The van der Waals surface area contributed by atoms with Gasteiger partial charge in [-0.15, -0.1) is 0 Å². The van der Waals surface area contributed by atoms with Crippen molar-refractivity contribution in [1.29, 1.82) is 0 Å². The van der Waals surface area contributed by atoms with Crippen molar-refractivity contribution in [3.05, 3.63) is 59.2 Å². The van der Waals surface area contributed by atoms with E-state index in [1.165, 1.54) is 27.8 Å². The third-order valence-electron chi connectivity index (χ3n) is 3.65. The molecule has 1 aliphatic rings. The summed E-state index contributed by atoms with van der Waals surface area (Å²) < 4.78 is 5.38. The second kappa shape index (κ2) is 4.01. The van der Waals surface area contributed by atoms with E-state index >= 15 is 0 Å². The fourth-order valence-electron chi connectivity index (χ4n) is 2.53. The van der Waals surface area contributed by atoms with Crippen LogP contribution < -0.4 is 0 Å². The number of hydrogen-bond acceptors (Lipinski definition) is 1. The Morgan fingerprint density at radius 1 is 1.00 bits per heavy atom. The van der Waals surface area contributed by atoms with Crippen LogP contribution in [0.4, 0.5) is 0 Å². The van der Waals surface area contributed by atoms with Crippen molar-refractivity contribution in [2.45, 2.75) is 19.4 Å². The monoisotopic (exact) mass is 224 g/mol. The summed E-state index contributed by atoms with van der Waals surface area (Å²) >= 11 is 0. The fourth-order valence-corrected chi connectivity index (χ4v) is 2.53. The SMILES string of the molecule is COC(C)c1ccc2c(c1)-c1ccccc1C2. The van der Waals surface area contributed by atoms with Crippen molar-refractivity contribution in [3.8, 4) is 11.1 Å². The molecule has 17 heavy (non-hydrogen) atoms. The molecule has 1 nitrogen and oxygen atoms in total. The minimum absolute atomic E-state index is 0.160. The van der Waals surface area contributed by atoms with Gasteiger partial charge in [0.05, 0.1) is 6.10 Å². The van der Waals surface area contributed by atoms with Crippen LogP contribution in [0.3, 0.4) is 0 Å². The molecular weight excluding hydrogens is 208 g/mol. The Kier molecular flexibility index (Phi) is 2.49. The van der Waals surface area contributed by atoms with Gasteiger partial charge in [0.2, 0.25) is 0 Å². The summed E-state index contributed by atoms with van der Waals surface area (Å²) in [7, 11) is 1.76. The van der Waals surface area contributed by atoms with Gasteiger partial charge in [0.25, 0.3) is 0 Å². The third kappa shape index (κ3) is 1.67. The molecule has 0 bridgehead atoms. The van der Waals surface area contributed by atoms with Crippen molar-refractivity contribution in [2.24, 2.45) is 0 Å². The van der Waals surface area contributed by atoms with E-state index in [0.717, 1.165) is 6.42 Å². The molecule has 0 aliphatic heterocycles. The van der Waals surface area contributed by atoms with E-state index in [4.69, 9.17) is 4.74 Å². The molecule has 1 aliphatic carbocycles. The van der Waals surface area contributed by atoms with Gasteiger partial charge in [0.15, 0.2) is 0 Å². The van der Waals surface area contributed by atoms with Gasteiger partial charge in [0.1, 0.15) is 0 Å². The largest absolute Gasteiger partial charge is 0.377 e. The number of rotatable bonds is 2. The number of methoxy groups -OCH3 is 1. The maximum Gasteiger partial charge on any atom is 0.0793 e. The molecule has 1 heteroatoms. The highest BCUT2D eigenvalue weighted by molar-refractivity contribution is 5.77. The molecule has 0 N–H and O–H groups in total. The standard InChI is InChI=1S/C16H16O/c1-11(17-2)12-7-8-14-9-13-5-3-4-6-15(13)16(14)10-12/h3-8,10-11H,9H2,1-2H3. The minimum Gasteiger partial charge on any atom is -0.377 e. The topological polar surface area (TPSA) is 9.23 Å². The van der Waals surface area contributed by atoms with Crippen molar-refractivity contribution < 1.29 is 4.74 Å². The lowest BCUT2D eigenvalue weighted by Gasteiger charge is -2.11. The lowest BCUT2D eigenvalue weighted by atomic mass is 10.0. The molecule has 0 aromatic heterocycles. The van der Waals surface area contributed by atoms with Gasteiger partial charge in [-0.25, -0.2) is 0 Å². The van der Waals surface area contributed by atoms with Gasteiger partial charge in [-0.1, -0.05) is 36.4 Å². The summed E-state index contributed by atoms with van der Waals surface area (Å²) in [6.45, 7) is 2.09. The molecule has 1 unspecified atom stereocenters. The molecule has 0 radical (unpaired) electrons. The van der Waals surface area contributed by atoms with Crippen molar-refractivity contribution in [3.63, 3.8) is 0 Å². The van der Waals surface area contributed by atoms with Gasteiger partial charge in [-0.05, 0) is 47.2 Å². The first-order chi connectivity index (χ1) is 8.29. The van der Waals surface area contributed by atoms with Crippen LogP contribution in [-0.4, -0.2) is 7.11 Å². The highest BCUT2D eigenvalue weighted by Gasteiger charge is 2.18. The number of fused-ring (bicyclic) bond motifs is 3. The number of ether oxygens (including phenoxy) is 1. The Bertz CT molecular complexity index is 557. The smallest absolute Gasteiger partial charge is 0.0793 e. The number of benzene rings is 2. The summed E-state index contributed by atoms with van der Waals surface area (Å²) in [5, 5.41) is 0. The van der Waals surface area contributed by atoms with Crippen LogP contribution in [0.1, 0.15) is 29.7 Å². The summed E-state index contributed by atoms with van der Waals surface area (Å²) in [6, 6.07) is 15.3. The van der Waals surface area contributed by atoms with Crippen LogP contribution in [0.2, 0.25) is 0 Å². The maximum atomic E-state index is 5.38. The summed E-state index contributed by atoms with van der Waals surface area (Å²) in [6.07, 6.45) is 1.22. The zero-order chi connectivity index (χ0) is 11.8. The Labute approximate surface area is 102 Å². The Balaban J connectivity index is 2.11. The molecule has 0 amide bonds. The van der Waals surface area contributed by atoms with Crippen LogP contribution in [-0.2, 0) is 11.2 Å². The zero-order valence-corrected chi connectivity index (χ0v) is 10.2. The highest BCUT2D eigenvalue weighted by atomic mass is 16.5. The van der Waals surface area contributed by atoms with E-state index < -0.39 is 0 Å². The van der Waals surface area contributed by atoms with Crippen molar-refractivity contribution in [1.82, 2.24) is 0 Å². The van der Waals surface area contributed by atoms with Crippen molar-refractivity contribution in [2.75, 3.05) is 7.11 Å².